The molecule has 0 saturated carbocycles. The Hall–Kier alpha value is -1.36. The minimum Gasteiger partial charge on any atom is -0.346 e. The highest BCUT2D eigenvalue weighted by molar-refractivity contribution is 5.94. The van der Waals surface area contributed by atoms with Gasteiger partial charge in [-0.15, -0.1) is 0 Å². The van der Waals surface area contributed by atoms with Crippen molar-refractivity contribution in [2.75, 3.05) is 13.1 Å². The molecule has 0 unspecified atom stereocenters. The zero-order chi connectivity index (χ0) is 13.5. The summed E-state index contributed by atoms with van der Waals surface area (Å²) in [6.07, 6.45) is 7.98. The molecule has 5 nitrogen and oxygen atoms in total. The number of amides is 1. The SMILES string of the molecule is O=C(N[C@H]1CCCN2CCC[C@@H]12)c1n[nH]c2c1CCC2. The number of carbonyl (C=O) groups is 1. The highest BCUT2D eigenvalue weighted by Gasteiger charge is 2.36. The van der Waals surface area contributed by atoms with Gasteiger partial charge in [0.15, 0.2) is 5.69 Å². The first-order chi connectivity index (χ1) is 9.83. The summed E-state index contributed by atoms with van der Waals surface area (Å²) in [5, 5.41) is 10.5. The summed E-state index contributed by atoms with van der Waals surface area (Å²) >= 11 is 0. The maximum absolute atomic E-state index is 12.5. The number of hydrogen-bond acceptors (Lipinski definition) is 3. The summed E-state index contributed by atoms with van der Waals surface area (Å²) in [4.78, 5) is 15.1. The minimum atomic E-state index is 0.0307. The number of nitrogens with zero attached hydrogens (tertiary/aromatic N) is 2. The Morgan fingerprint density at radius 2 is 2.05 bits per heavy atom. The number of aryl methyl sites for hydroxylation is 1. The average Bonchev–Trinajstić information content (AvgIpc) is 3.14. The number of aromatic nitrogens is 2. The van der Waals surface area contributed by atoms with Gasteiger partial charge in [0, 0.05) is 23.3 Å². The lowest BCUT2D eigenvalue weighted by molar-refractivity contribution is 0.0862. The molecule has 2 aliphatic heterocycles. The van der Waals surface area contributed by atoms with E-state index in [2.05, 4.69) is 20.4 Å². The Morgan fingerprint density at radius 3 is 2.95 bits per heavy atom. The monoisotopic (exact) mass is 274 g/mol. The summed E-state index contributed by atoms with van der Waals surface area (Å²) in [6.45, 7) is 2.41. The van der Waals surface area contributed by atoms with Crippen molar-refractivity contribution in [3.05, 3.63) is 17.0 Å². The van der Waals surface area contributed by atoms with E-state index in [1.54, 1.807) is 0 Å². The second-order valence-electron chi connectivity index (χ2n) is 6.35. The van der Waals surface area contributed by atoms with Crippen molar-refractivity contribution in [2.24, 2.45) is 0 Å². The number of nitrogens with one attached hydrogen (secondary N) is 2. The van der Waals surface area contributed by atoms with E-state index in [1.165, 1.54) is 38.0 Å². The molecule has 0 radical (unpaired) electrons. The highest BCUT2D eigenvalue weighted by Crippen LogP contribution is 2.28. The molecule has 1 aromatic rings. The summed E-state index contributed by atoms with van der Waals surface area (Å²) in [5.41, 5.74) is 2.97. The van der Waals surface area contributed by atoms with Crippen molar-refractivity contribution in [1.82, 2.24) is 20.4 Å². The number of carbonyl (C=O) groups excluding carboxylic acids is 1. The molecule has 2 N–H and O–H groups in total. The van der Waals surface area contributed by atoms with Gasteiger partial charge >= 0.3 is 0 Å². The molecule has 1 aromatic heterocycles. The highest BCUT2D eigenvalue weighted by atomic mass is 16.2. The molecule has 108 valence electrons. The third-order valence-corrected chi connectivity index (χ3v) is 5.18. The second kappa shape index (κ2) is 4.88. The number of fused-ring (bicyclic) bond motifs is 2. The fourth-order valence-electron chi connectivity index (χ4n) is 4.20. The molecule has 3 heterocycles. The van der Waals surface area contributed by atoms with Gasteiger partial charge in [-0.3, -0.25) is 14.8 Å². The molecule has 1 amide bonds. The first-order valence-electron chi connectivity index (χ1n) is 7.94. The molecule has 2 saturated heterocycles. The Bertz CT molecular complexity index is 524. The van der Waals surface area contributed by atoms with Crippen molar-refractivity contribution in [2.45, 2.75) is 57.0 Å². The van der Waals surface area contributed by atoms with Gasteiger partial charge in [0.1, 0.15) is 0 Å². The number of hydrogen-bond donors (Lipinski definition) is 2. The Labute approximate surface area is 119 Å². The van der Waals surface area contributed by atoms with Gasteiger partial charge in [-0.25, -0.2) is 0 Å². The molecular formula is C15H22N4O. The quantitative estimate of drug-likeness (QED) is 0.853. The maximum atomic E-state index is 12.5. The number of rotatable bonds is 2. The van der Waals surface area contributed by atoms with Crippen LogP contribution in [0.3, 0.4) is 0 Å². The predicted octanol–water partition coefficient (Wildman–Crippen LogP) is 1.25. The number of piperidine rings is 1. The van der Waals surface area contributed by atoms with Crippen LogP contribution in [0, 0.1) is 0 Å². The maximum Gasteiger partial charge on any atom is 0.272 e. The lowest BCUT2D eigenvalue weighted by Gasteiger charge is -2.36. The van der Waals surface area contributed by atoms with Crippen LogP contribution in [0.4, 0.5) is 0 Å². The average molecular weight is 274 g/mol. The number of aromatic amines is 1. The van der Waals surface area contributed by atoms with Crippen LogP contribution in [0.2, 0.25) is 0 Å². The Morgan fingerprint density at radius 1 is 1.20 bits per heavy atom. The topological polar surface area (TPSA) is 61.0 Å². The number of H-pyrrole nitrogens is 1. The van der Waals surface area contributed by atoms with Crippen LogP contribution in [0.25, 0.3) is 0 Å². The first kappa shape index (κ1) is 12.4. The van der Waals surface area contributed by atoms with Crippen LogP contribution < -0.4 is 5.32 Å². The summed E-state index contributed by atoms with van der Waals surface area (Å²) in [6, 6.07) is 0.868. The van der Waals surface area contributed by atoms with E-state index in [4.69, 9.17) is 0 Å². The molecule has 2 fully saturated rings. The van der Waals surface area contributed by atoms with Crippen LogP contribution in [-0.4, -0.2) is 46.2 Å². The van der Waals surface area contributed by atoms with E-state index < -0.39 is 0 Å². The standard InChI is InChI=1S/C15H22N4O/c20-15(14-10-4-1-5-11(10)17-18-14)16-12-6-2-8-19-9-3-7-13(12)19/h12-13H,1-9H2,(H,16,20)(H,17,18)/t12-,13-/m0/s1. The first-order valence-corrected chi connectivity index (χ1v) is 7.94. The largest absolute Gasteiger partial charge is 0.346 e. The van der Waals surface area contributed by atoms with Crippen molar-refractivity contribution in [3.8, 4) is 0 Å². The van der Waals surface area contributed by atoms with Crippen molar-refractivity contribution in [3.63, 3.8) is 0 Å². The predicted molar refractivity (Wildman–Crippen MR) is 75.7 cm³/mol. The van der Waals surface area contributed by atoms with Crippen molar-refractivity contribution >= 4 is 5.91 Å². The van der Waals surface area contributed by atoms with E-state index in [1.807, 2.05) is 0 Å². The van der Waals surface area contributed by atoms with Crippen molar-refractivity contribution in [1.29, 1.82) is 0 Å². The molecule has 3 aliphatic rings. The van der Waals surface area contributed by atoms with Crippen LogP contribution in [-0.2, 0) is 12.8 Å². The van der Waals surface area contributed by atoms with Gasteiger partial charge in [-0.2, -0.15) is 5.10 Å². The zero-order valence-corrected chi connectivity index (χ0v) is 11.8. The van der Waals surface area contributed by atoms with Gasteiger partial charge < -0.3 is 5.32 Å². The summed E-state index contributed by atoms with van der Waals surface area (Å²) in [5.74, 6) is 0.0307. The molecular weight excluding hydrogens is 252 g/mol. The molecule has 2 atom stereocenters. The molecule has 0 spiro atoms. The Kier molecular flexibility index (Phi) is 3.02. The van der Waals surface area contributed by atoms with Gasteiger partial charge in [-0.05, 0) is 58.0 Å². The van der Waals surface area contributed by atoms with Crippen LogP contribution >= 0.6 is 0 Å². The fraction of sp³-hybridized carbons (Fsp3) is 0.733. The van der Waals surface area contributed by atoms with E-state index in [0.29, 0.717) is 17.8 Å². The van der Waals surface area contributed by atoms with Gasteiger partial charge in [-0.1, -0.05) is 0 Å². The lowest BCUT2D eigenvalue weighted by Crippen LogP contribution is -2.52. The molecule has 0 aromatic carbocycles. The lowest BCUT2D eigenvalue weighted by atomic mass is 9.96. The fourth-order valence-corrected chi connectivity index (χ4v) is 4.20. The molecule has 20 heavy (non-hydrogen) atoms. The van der Waals surface area contributed by atoms with E-state index in [0.717, 1.165) is 31.2 Å². The molecule has 5 heteroatoms. The van der Waals surface area contributed by atoms with Gasteiger partial charge in [0.25, 0.3) is 5.91 Å². The van der Waals surface area contributed by atoms with Gasteiger partial charge in [0.2, 0.25) is 0 Å². The van der Waals surface area contributed by atoms with Gasteiger partial charge in [0.05, 0.1) is 0 Å². The van der Waals surface area contributed by atoms with Crippen LogP contribution in [0.15, 0.2) is 0 Å². The van der Waals surface area contributed by atoms with Crippen LogP contribution in [0.1, 0.15) is 53.8 Å². The molecule has 0 bridgehead atoms. The summed E-state index contributed by atoms with van der Waals surface area (Å²) < 4.78 is 0. The molecule has 1 aliphatic carbocycles. The van der Waals surface area contributed by atoms with E-state index in [9.17, 15) is 4.79 Å². The smallest absolute Gasteiger partial charge is 0.272 e. The third kappa shape index (κ3) is 1.95. The zero-order valence-electron chi connectivity index (χ0n) is 11.8. The van der Waals surface area contributed by atoms with Crippen molar-refractivity contribution < 1.29 is 4.79 Å². The van der Waals surface area contributed by atoms with E-state index >= 15 is 0 Å². The minimum absolute atomic E-state index is 0.0307. The third-order valence-electron chi connectivity index (χ3n) is 5.18. The Balaban J connectivity index is 1.49. The normalized spacial score (nSPS) is 29.2. The molecule has 4 rings (SSSR count). The van der Waals surface area contributed by atoms with Crippen LogP contribution in [0.5, 0.6) is 0 Å². The van der Waals surface area contributed by atoms with E-state index in [-0.39, 0.29) is 5.91 Å². The summed E-state index contributed by atoms with van der Waals surface area (Å²) in [7, 11) is 0. The second-order valence-corrected chi connectivity index (χ2v) is 6.35.